The van der Waals surface area contributed by atoms with E-state index in [1.165, 1.54) is 5.56 Å². The number of hydrogen-bond acceptors (Lipinski definition) is 1. The van der Waals surface area contributed by atoms with Crippen molar-refractivity contribution in [2.24, 2.45) is 0 Å². The fourth-order valence-electron chi connectivity index (χ4n) is 1.37. The van der Waals surface area contributed by atoms with E-state index >= 15 is 0 Å². The number of benzene rings is 1. The molecule has 0 aliphatic rings. The van der Waals surface area contributed by atoms with Gasteiger partial charge in [-0.05, 0) is 18.2 Å². The van der Waals surface area contributed by atoms with Gasteiger partial charge in [0, 0.05) is 19.0 Å². The van der Waals surface area contributed by atoms with Crippen LogP contribution in [0.1, 0.15) is 5.56 Å². The predicted molar refractivity (Wildman–Crippen MR) is 62.6 cm³/mol. The number of likely N-dealkylation sites (N-methyl/N-ethyl adjacent to an activating group) is 1. The van der Waals surface area contributed by atoms with Crippen LogP contribution in [-0.2, 0) is 6.54 Å². The van der Waals surface area contributed by atoms with Crippen LogP contribution in [0.25, 0.3) is 0 Å². The molecule has 0 saturated carbocycles. The van der Waals surface area contributed by atoms with E-state index in [-0.39, 0.29) is 0 Å². The fraction of sp³-hybridized carbons (Fsp3) is 0.333. The largest absolute Gasteiger partial charge is 0.298 e. The van der Waals surface area contributed by atoms with Crippen molar-refractivity contribution < 1.29 is 0 Å². The van der Waals surface area contributed by atoms with Crippen LogP contribution >= 0.6 is 11.6 Å². The van der Waals surface area contributed by atoms with Crippen LogP contribution in [0.4, 0.5) is 0 Å². The van der Waals surface area contributed by atoms with Crippen LogP contribution in [-0.4, -0.2) is 24.4 Å². The average Bonchev–Trinajstić information content (AvgIpc) is 2.19. The molecule has 0 saturated heterocycles. The molecule has 0 aliphatic heterocycles. The summed E-state index contributed by atoms with van der Waals surface area (Å²) in [6.45, 7) is 5.68. The maximum absolute atomic E-state index is 5.67. The van der Waals surface area contributed by atoms with Crippen molar-refractivity contribution in [1.29, 1.82) is 0 Å². The summed E-state index contributed by atoms with van der Waals surface area (Å²) in [6, 6.07) is 10.4. The van der Waals surface area contributed by atoms with E-state index in [1.807, 2.05) is 6.07 Å². The summed E-state index contributed by atoms with van der Waals surface area (Å²) in [6.07, 6.45) is 0. The van der Waals surface area contributed by atoms with Gasteiger partial charge < -0.3 is 0 Å². The smallest absolute Gasteiger partial charge is 0.0443 e. The Morgan fingerprint density at radius 2 is 2.00 bits per heavy atom. The van der Waals surface area contributed by atoms with Crippen molar-refractivity contribution in [1.82, 2.24) is 4.90 Å². The Balaban J connectivity index is 2.41. The molecule has 1 rings (SSSR count). The van der Waals surface area contributed by atoms with Crippen LogP contribution in [0, 0.1) is 0 Å². The zero-order chi connectivity index (χ0) is 10.4. The van der Waals surface area contributed by atoms with Crippen molar-refractivity contribution in [2.75, 3.05) is 19.5 Å². The predicted octanol–water partition coefficient (Wildman–Crippen LogP) is 2.91. The molecule has 0 atom stereocenters. The highest BCUT2D eigenvalue weighted by Gasteiger charge is 2.00. The second-order valence-corrected chi connectivity index (χ2v) is 3.81. The maximum atomic E-state index is 5.67. The molecule has 0 aliphatic carbocycles. The highest BCUT2D eigenvalue weighted by molar-refractivity contribution is 6.19. The Kier molecular flexibility index (Phi) is 4.71. The highest BCUT2D eigenvalue weighted by atomic mass is 35.5. The third kappa shape index (κ3) is 3.95. The molecule has 76 valence electrons. The van der Waals surface area contributed by atoms with Crippen LogP contribution in [0.3, 0.4) is 0 Å². The molecular weight excluding hydrogens is 194 g/mol. The molecule has 0 amide bonds. The molecule has 0 heterocycles. The minimum absolute atomic E-state index is 0.541. The molecule has 0 unspecified atom stereocenters. The minimum atomic E-state index is 0.541. The number of alkyl halides is 1. The van der Waals surface area contributed by atoms with Crippen molar-refractivity contribution >= 4 is 11.6 Å². The lowest BCUT2D eigenvalue weighted by atomic mass is 10.2. The van der Waals surface area contributed by atoms with Crippen molar-refractivity contribution in [3.8, 4) is 0 Å². The van der Waals surface area contributed by atoms with Gasteiger partial charge in [0.05, 0.1) is 0 Å². The highest BCUT2D eigenvalue weighted by Crippen LogP contribution is 2.04. The zero-order valence-electron chi connectivity index (χ0n) is 8.54. The summed E-state index contributed by atoms with van der Waals surface area (Å²) < 4.78 is 0. The van der Waals surface area contributed by atoms with Gasteiger partial charge in [-0.2, -0.15) is 0 Å². The van der Waals surface area contributed by atoms with Gasteiger partial charge in [-0.25, -0.2) is 0 Å². The zero-order valence-corrected chi connectivity index (χ0v) is 9.30. The van der Waals surface area contributed by atoms with Crippen LogP contribution in [0.2, 0.25) is 0 Å². The van der Waals surface area contributed by atoms with Gasteiger partial charge in [0.15, 0.2) is 0 Å². The number of rotatable bonds is 5. The summed E-state index contributed by atoms with van der Waals surface area (Å²) >= 11 is 5.67. The summed E-state index contributed by atoms with van der Waals surface area (Å²) in [4.78, 5) is 2.21. The van der Waals surface area contributed by atoms with E-state index in [9.17, 15) is 0 Å². The molecule has 1 aromatic rings. The molecule has 0 radical (unpaired) electrons. The van der Waals surface area contributed by atoms with Gasteiger partial charge >= 0.3 is 0 Å². The second kappa shape index (κ2) is 5.84. The van der Waals surface area contributed by atoms with Gasteiger partial charge in [-0.15, -0.1) is 11.6 Å². The first kappa shape index (κ1) is 11.3. The normalized spacial score (nSPS) is 10.5. The Bertz CT molecular complexity index is 282. The molecule has 1 aromatic carbocycles. The summed E-state index contributed by atoms with van der Waals surface area (Å²) in [5.41, 5.74) is 2.38. The van der Waals surface area contributed by atoms with Crippen LogP contribution < -0.4 is 0 Å². The number of nitrogens with zero attached hydrogens (tertiary/aromatic N) is 1. The van der Waals surface area contributed by atoms with Gasteiger partial charge in [-0.3, -0.25) is 4.90 Å². The SMILES string of the molecule is C=C(CCl)CN(C)Cc1ccccc1. The van der Waals surface area contributed by atoms with E-state index in [1.54, 1.807) is 0 Å². The molecule has 2 heteroatoms. The molecule has 0 aromatic heterocycles. The molecule has 0 N–H and O–H groups in total. The summed E-state index contributed by atoms with van der Waals surface area (Å²) in [5, 5.41) is 0. The van der Waals surface area contributed by atoms with E-state index in [4.69, 9.17) is 11.6 Å². The summed E-state index contributed by atoms with van der Waals surface area (Å²) in [7, 11) is 2.07. The van der Waals surface area contributed by atoms with Gasteiger partial charge in [-0.1, -0.05) is 36.9 Å². The third-order valence-electron chi connectivity index (χ3n) is 1.98. The van der Waals surface area contributed by atoms with Crippen molar-refractivity contribution in [2.45, 2.75) is 6.54 Å². The molecule has 0 bridgehead atoms. The monoisotopic (exact) mass is 209 g/mol. The Morgan fingerprint density at radius 3 is 2.57 bits per heavy atom. The first-order valence-corrected chi connectivity index (χ1v) is 5.21. The number of hydrogen-bond donors (Lipinski definition) is 0. The van der Waals surface area contributed by atoms with E-state index in [0.29, 0.717) is 5.88 Å². The molecule has 1 nitrogen and oxygen atoms in total. The van der Waals surface area contributed by atoms with E-state index < -0.39 is 0 Å². The first-order valence-electron chi connectivity index (χ1n) is 4.67. The van der Waals surface area contributed by atoms with Gasteiger partial charge in [0.2, 0.25) is 0 Å². The lowest BCUT2D eigenvalue weighted by molar-refractivity contribution is 0.356. The van der Waals surface area contributed by atoms with E-state index in [0.717, 1.165) is 18.7 Å². The Morgan fingerprint density at radius 1 is 1.36 bits per heavy atom. The van der Waals surface area contributed by atoms with Gasteiger partial charge in [0.25, 0.3) is 0 Å². The maximum Gasteiger partial charge on any atom is 0.0443 e. The topological polar surface area (TPSA) is 3.24 Å². The van der Waals surface area contributed by atoms with Crippen LogP contribution in [0.15, 0.2) is 42.5 Å². The van der Waals surface area contributed by atoms with Crippen molar-refractivity contribution in [3.63, 3.8) is 0 Å². The molecule has 0 spiro atoms. The first-order chi connectivity index (χ1) is 6.72. The van der Waals surface area contributed by atoms with Crippen molar-refractivity contribution in [3.05, 3.63) is 48.0 Å². The summed E-state index contributed by atoms with van der Waals surface area (Å²) in [5.74, 6) is 0.541. The average molecular weight is 210 g/mol. The standard InChI is InChI=1S/C12H16ClN/c1-11(8-13)9-14(2)10-12-6-4-3-5-7-12/h3-7H,1,8-10H2,2H3. The molecule has 14 heavy (non-hydrogen) atoms. The number of halogens is 1. The quantitative estimate of drug-likeness (QED) is 0.533. The van der Waals surface area contributed by atoms with Crippen LogP contribution in [0.5, 0.6) is 0 Å². The van der Waals surface area contributed by atoms with Gasteiger partial charge in [0.1, 0.15) is 0 Å². The lowest BCUT2D eigenvalue weighted by Crippen LogP contribution is -2.20. The lowest BCUT2D eigenvalue weighted by Gasteiger charge is -2.16. The van der Waals surface area contributed by atoms with E-state index in [2.05, 4.69) is 42.8 Å². The second-order valence-electron chi connectivity index (χ2n) is 3.54. The third-order valence-corrected chi connectivity index (χ3v) is 2.36. The Hall–Kier alpha value is -0.790. The Labute approximate surface area is 91.0 Å². The molecular formula is C12H16ClN. The minimum Gasteiger partial charge on any atom is -0.298 e. The molecule has 0 fully saturated rings. The fourth-order valence-corrected chi connectivity index (χ4v) is 1.46.